The summed E-state index contributed by atoms with van der Waals surface area (Å²) in [5, 5.41) is 14.9. The zero-order valence-electron chi connectivity index (χ0n) is 37.9. The number of nitrogens with zero attached hydrogens (tertiary/aromatic N) is 1. The van der Waals surface area contributed by atoms with Gasteiger partial charge in [-0.3, -0.25) is 28.8 Å². The highest BCUT2D eigenvalue weighted by Crippen LogP contribution is 2.28. The number of amides is 5. The molecule has 0 aliphatic carbocycles. The van der Waals surface area contributed by atoms with Gasteiger partial charge in [-0.05, 0) is 56.6 Å². The normalized spacial score (nSPS) is 18.6. The van der Waals surface area contributed by atoms with Gasteiger partial charge >= 0.3 is 5.97 Å². The zero-order valence-corrected chi connectivity index (χ0v) is 37.9. The van der Waals surface area contributed by atoms with Crippen LogP contribution in [0.1, 0.15) is 93.1 Å². The van der Waals surface area contributed by atoms with Gasteiger partial charge in [0, 0.05) is 33.7 Å². The molecule has 7 N–H and O–H groups in total. The van der Waals surface area contributed by atoms with E-state index in [0.29, 0.717) is 32.2 Å². The Hall–Kier alpha value is -4.12. The molecule has 1 aromatic rings. The minimum Gasteiger partial charge on any atom is -0.464 e. The van der Waals surface area contributed by atoms with Gasteiger partial charge in [0.2, 0.25) is 29.5 Å². The molecule has 5 amide bonds. The number of carbonyl (C=O) groups excluding carboxylic acids is 6. The lowest BCUT2D eigenvalue weighted by Gasteiger charge is -2.37. The maximum absolute atomic E-state index is 14.2. The van der Waals surface area contributed by atoms with Gasteiger partial charge in [0.15, 0.2) is 0 Å². The van der Waals surface area contributed by atoms with Crippen molar-refractivity contribution in [1.29, 1.82) is 0 Å². The van der Waals surface area contributed by atoms with Crippen LogP contribution in [0.2, 0.25) is 0 Å². The summed E-state index contributed by atoms with van der Waals surface area (Å²) in [6, 6.07) is 5.44. The third kappa shape index (κ3) is 15.7. The maximum Gasteiger partial charge on any atom is 0.322 e. The molecule has 0 radical (unpaired) electrons. The molecule has 60 heavy (non-hydrogen) atoms. The first-order valence-corrected chi connectivity index (χ1v) is 21.6. The summed E-state index contributed by atoms with van der Waals surface area (Å²) in [6.07, 6.45) is 1.20. The topological polar surface area (TPSA) is 220 Å². The second kappa shape index (κ2) is 26.3. The quantitative estimate of drug-likeness (QED) is 0.0586. The summed E-state index contributed by atoms with van der Waals surface area (Å²) in [4.78, 5) is 82.0. The van der Waals surface area contributed by atoms with Gasteiger partial charge in [-0.15, -0.1) is 0 Å². The van der Waals surface area contributed by atoms with Gasteiger partial charge in [0.05, 0.1) is 49.3 Å². The lowest BCUT2D eigenvalue weighted by atomic mass is 9.90. The predicted octanol–water partition coefficient (Wildman–Crippen LogP) is 2.07. The number of nitrogens with one attached hydrogen (secondary N) is 5. The number of benzene rings is 1. The number of hydrogen-bond donors (Lipinski definition) is 6. The van der Waals surface area contributed by atoms with E-state index in [1.165, 1.54) is 21.1 Å². The van der Waals surface area contributed by atoms with Gasteiger partial charge < -0.3 is 51.4 Å². The molecule has 2 rings (SSSR count). The molecule has 0 aromatic heterocycles. The lowest BCUT2D eigenvalue weighted by Crippen LogP contribution is -2.59. The van der Waals surface area contributed by atoms with Crippen LogP contribution >= 0.6 is 0 Å². The number of ether oxygens (including phenoxy) is 3. The molecule has 1 saturated heterocycles. The highest BCUT2D eigenvalue weighted by Gasteiger charge is 2.42. The molecule has 10 atom stereocenters. The number of carbonyl (C=O) groups is 6. The molecule has 0 bridgehead atoms. The summed E-state index contributed by atoms with van der Waals surface area (Å²) in [5.74, 6) is -3.14. The van der Waals surface area contributed by atoms with Crippen molar-refractivity contribution in [2.75, 3.05) is 41.0 Å². The van der Waals surface area contributed by atoms with Gasteiger partial charge in [-0.1, -0.05) is 85.2 Å². The summed E-state index contributed by atoms with van der Waals surface area (Å²) < 4.78 is 17.0. The van der Waals surface area contributed by atoms with E-state index in [1.54, 1.807) is 18.9 Å². The number of methoxy groups -OCH3 is 2. The molecule has 1 aliphatic rings. The largest absolute Gasteiger partial charge is 0.464 e. The minimum absolute atomic E-state index is 0.0121. The van der Waals surface area contributed by atoms with E-state index in [-0.39, 0.29) is 61.5 Å². The van der Waals surface area contributed by atoms with Crippen molar-refractivity contribution in [3.8, 4) is 0 Å². The molecule has 1 heterocycles. The first kappa shape index (κ1) is 52.0. The van der Waals surface area contributed by atoms with E-state index in [9.17, 15) is 28.8 Å². The Kier molecular flexibility index (Phi) is 22.8. The third-order valence-corrected chi connectivity index (χ3v) is 11.5. The Balaban J connectivity index is 2.22. The van der Waals surface area contributed by atoms with Gasteiger partial charge in [0.25, 0.3) is 0 Å². The molecule has 0 spiro atoms. The average molecular weight is 846 g/mol. The third-order valence-electron chi connectivity index (χ3n) is 11.5. The second-order valence-electron chi connectivity index (χ2n) is 16.8. The molecule has 1 aromatic carbocycles. The van der Waals surface area contributed by atoms with Crippen LogP contribution < -0.4 is 32.3 Å². The van der Waals surface area contributed by atoms with Crippen LogP contribution in [-0.4, -0.2) is 130 Å². The molecule has 16 heteroatoms. The molecule has 0 unspecified atom stereocenters. The predicted molar refractivity (Wildman–Crippen MR) is 230 cm³/mol. The van der Waals surface area contributed by atoms with Crippen molar-refractivity contribution in [3.63, 3.8) is 0 Å². The first-order chi connectivity index (χ1) is 28.4. The number of likely N-dealkylation sites (tertiary alicyclic amines) is 1. The fourth-order valence-electron chi connectivity index (χ4n) is 7.66. The molecular formula is C44H75N7O9. The summed E-state index contributed by atoms with van der Waals surface area (Å²) >= 11 is 0. The Morgan fingerprint density at radius 3 is 2.02 bits per heavy atom. The number of rotatable bonds is 26. The van der Waals surface area contributed by atoms with Crippen molar-refractivity contribution in [3.05, 3.63) is 35.9 Å². The van der Waals surface area contributed by atoms with Crippen LogP contribution in [0.5, 0.6) is 0 Å². The Labute approximate surface area is 357 Å². The van der Waals surface area contributed by atoms with E-state index < -0.39 is 72.2 Å². The van der Waals surface area contributed by atoms with Crippen LogP contribution in [0, 0.1) is 23.7 Å². The van der Waals surface area contributed by atoms with Crippen LogP contribution in [0.15, 0.2) is 30.3 Å². The Morgan fingerprint density at radius 1 is 0.833 bits per heavy atom. The smallest absolute Gasteiger partial charge is 0.322 e. The van der Waals surface area contributed by atoms with Crippen LogP contribution in [0.4, 0.5) is 0 Å². The number of hydrogen-bond acceptors (Lipinski definition) is 11. The summed E-state index contributed by atoms with van der Waals surface area (Å²) in [5.41, 5.74) is 6.39. The SMILES string of the molecule is CC[C@H](C)[C@H](NC(=O)[C@@H](NC(=O)[C@@H](NC)C(C)C)C(C)C)[C@@H](CC(=O)N1CCC[C@H]1[C@H](OC)[C@@H](C)C(=O)N[C@@H](Cc1ccccc1)C(=O)NCCCOC(=O)[C@H](C)N)OC. The molecule has 340 valence electrons. The molecule has 1 fully saturated rings. The van der Waals surface area contributed by atoms with E-state index in [1.807, 2.05) is 71.9 Å². The first-order valence-electron chi connectivity index (χ1n) is 21.6. The monoisotopic (exact) mass is 846 g/mol. The Bertz CT molecular complexity index is 1510. The van der Waals surface area contributed by atoms with Crippen LogP contribution in [0.25, 0.3) is 0 Å². The average Bonchev–Trinajstić information content (AvgIpc) is 3.70. The van der Waals surface area contributed by atoms with E-state index in [2.05, 4.69) is 26.6 Å². The van der Waals surface area contributed by atoms with E-state index in [0.717, 1.165) is 5.56 Å². The second-order valence-corrected chi connectivity index (χ2v) is 16.8. The highest BCUT2D eigenvalue weighted by atomic mass is 16.5. The lowest BCUT2D eigenvalue weighted by molar-refractivity contribution is -0.144. The number of nitrogens with two attached hydrogens (primary N) is 1. The van der Waals surface area contributed by atoms with Crippen molar-refractivity contribution in [1.82, 2.24) is 31.5 Å². The van der Waals surface area contributed by atoms with Crippen LogP contribution in [-0.2, 0) is 49.4 Å². The van der Waals surface area contributed by atoms with Crippen molar-refractivity contribution >= 4 is 35.5 Å². The van der Waals surface area contributed by atoms with Crippen LogP contribution in [0.3, 0.4) is 0 Å². The Morgan fingerprint density at radius 2 is 1.47 bits per heavy atom. The van der Waals surface area contributed by atoms with Gasteiger partial charge in [-0.2, -0.15) is 0 Å². The van der Waals surface area contributed by atoms with Gasteiger partial charge in [-0.25, -0.2) is 0 Å². The number of likely N-dealkylation sites (N-methyl/N-ethyl adjacent to an activating group) is 1. The zero-order chi connectivity index (χ0) is 45.1. The standard InChI is InChI=1S/C44H75N7O9/c1-12-28(6)38(50-43(56)37(27(4)5)49-42(55)36(46-9)26(2)3)34(58-10)25-35(52)51-22-16-20-33(51)39(59-11)29(7)40(53)48-32(24-31-18-14-13-15-19-31)41(54)47-21-17-23-60-44(57)30(8)45/h13-15,18-19,26-30,32-34,36-39,46H,12,16-17,20-25,45H2,1-11H3,(H,47,54)(H,48,53)(H,49,55)(H,50,56)/t28-,29+,30-,32-,33-,34+,36-,37-,38-,39+/m0/s1. The van der Waals surface area contributed by atoms with E-state index in [4.69, 9.17) is 19.9 Å². The van der Waals surface area contributed by atoms with Crippen molar-refractivity contribution in [2.45, 2.75) is 142 Å². The number of esters is 1. The fourth-order valence-corrected chi connectivity index (χ4v) is 7.66. The maximum atomic E-state index is 14.2. The van der Waals surface area contributed by atoms with E-state index >= 15 is 0 Å². The molecule has 16 nitrogen and oxygen atoms in total. The fraction of sp³-hybridized carbons (Fsp3) is 0.727. The summed E-state index contributed by atoms with van der Waals surface area (Å²) in [6.45, 7) is 15.6. The molecule has 1 aliphatic heterocycles. The molecular weight excluding hydrogens is 771 g/mol. The molecule has 0 saturated carbocycles. The van der Waals surface area contributed by atoms with Crippen molar-refractivity contribution in [2.24, 2.45) is 29.4 Å². The summed E-state index contributed by atoms with van der Waals surface area (Å²) in [7, 11) is 4.75. The minimum atomic E-state index is -0.911. The highest BCUT2D eigenvalue weighted by molar-refractivity contribution is 5.90. The van der Waals surface area contributed by atoms with Gasteiger partial charge in [0.1, 0.15) is 18.1 Å². The van der Waals surface area contributed by atoms with Crippen molar-refractivity contribution < 1.29 is 43.0 Å².